The van der Waals surface area contributed by atoms with Gasteiger partial charge in [0.2, 0.25) is 5.91 Å². The first-order valence-electron chi connectivity index (χ1n) is 11.0. The Kier molecular flexibility index (Phi) is 6.35. The number of anilines is 2. The van der Waals surface area contributed by atoms with Crippen LogP contribution in [0.5, 0.6) is 0 Å². The lowest BCUT2D eigenvalue weighted by molar-refractivity contribution is -0.119. The van der Waals surface area contributed by atoms with E-state index in [1.54, 1.807) is 12.4 Å². The van der Waals surface area contributed by atoms with Crippen LogP contribution in [0, 0.1) is 11.3 Å². The van der Waals surface area contributed by atoms with Gasteiger partial charge in [-0.1, -0.05) is 20.8 Å². The van der Waals surface area contributed by atoms with Crippen molar-refractivity contribution in [2.75, 3.05) is 30.0 Å². The molecule has 4 heterocycles. The van der Waals surface area contributed by atoms with Crippen LogP contribution in [0.25, 0.3) is 11.0 Å². The molecule has 2 aromatic heterocycles. The number of hydrogen-bond acceptors (Lipinski definition) is 5. The Balaban J connectivity index is 1.78. The number of carbonyl (C=O) groups excluding carboxylic acids is 1. The zero-order valence-electron chi connectivity index (χ0n) is 18.6. The van der Waals surface area contributed by atoms with E-state index in [-0.39, 0.29) is 29.3 Å². The Hall–Kier alpha value is -2.33. The number of piperidine rings is 1. The van der Waals surface area contributed by atoms with Crippen LogP contribution in [-0.2, 0) is 9.53 Å². The fourth-order valence-corrected chi connectivity index (χ4v) is 5.57. The lowest BCUT2D eigenvalue weighted by Crippen LogP contribution is -2.60. The number of pyridine rings is 1. The molecule has 2 saturated heterocycles. The smallest absolute Gasteiger partial charge is 0.404 e. The first kappa shape index (κ1) is 22.8. The number of aromatic nitrogens is 2. The highest BCUT2D eigenvalue weighted by Gasteiger charge is 2.42. The molecule has 0 radical (unpaired) electrons. The number of H-pyrrole nitrogens is 1. The van der Waals surface area contributed by atoms with Crippen molar-refractivity contribution in [3.05, 3.63) is 16.9 Å². The highest BCUT2D eigenvalue weighted by molar-refractivity contribution is 9.10. The number of nitrogens with one attached hydrogen (secondary N) is 3. The Labute approximate surface area is 195 Å². The topological polar surface area (TPSA) is 120 Å². The van der Waals surface area contributed by atoms with Crippen LogP contribution in [0.4, 0.5) is 16.2 Å². The normalized spacial score (nSPS) is 24.0. The molecule has 2 aliphatic heterocycles. The summed E-state index contributed by atoms with van der Waals surface area (Å²) < 4.78 is 6.17. The van der Waals surface area contributed by atoms with Gasteiger partial charge >= 0.3 is 6.09 Å². The van der Waals surface area contributed by atoms with Crippen molar-refractivity contribution in [2.24, 2.45) is 11.3 Å². The molecule has 3 atom stereocenters. The number of nitrogens with zero attached hydrogens (tertiary/aromatic N) is 2. The van der Waals surface area contributed by atoms with Crippen molar-refractivity contribution in [1.29, 1.82) is 0 Å². The lowest BCUT2D eigenvalue weighted by Gasteiger charge is -2.49. The molecule has 4 N–H and O–H groups in total. The number of rotatable bonds is 4. The second-order valence-corrected chi connectivity index (χ2v) is 10.5. The van der Waals surface area contributed by atoms with Crippen molar-refractivity contribution in [3.63, 3.8) is 0 Å². The third-order valence-electron chi connectivity index (χ3n) is 6.30. The molecule has 9 nitrogen and oxygen atoms in total. The van der Waals surface area contributed by atoms with Gasteiger partial charge in [-0.05, 0) is 40.6 Å². The second-order valence-electron chi connectivity index (χ2n) is 9.63. The van der Waals surface area contributed by atoms with E-state index in [1.165, 1.54) is 0 Å². The molecular weight excluding hydrogens is 478 g/mol. The predicted molar refractivity (Wildman–Crippen MR) is 126 cm³/mol. The van der Waals surface area contributed by atoms with Gasteiger partial charge in [0.05, 0.1) is 45.8 Å². The van der Waals surface area contributed by atoms with Crippen molar-refractivity contribution < 1.29 is 19.4 Å². The molecule has 0 bridgehead atoms. The minimum absolute atomic E-state index is 0.0641. The molecule has 0 saturated carbocycles. The van der Waals surface area contributed by atoms with Crippen LogP contribution in [0.2, 0.25) is 0 Å². The van der Waals surface area contributed by atoms with Crippen LogP contribution < -0.4 is 15.5 Å². The number of ether oxygens (including phenoxy) is 1. The fourth-order valence-electron chi connectivity index (χ4n) is 5.04. The third-order valence-corrected chi connectivity index (χ3v) is 6.88. The van der Waals surface area contributed by atoms with Gasteiger partial charge in [0.25, 0.3) is 0 Å². The quantitative estimate of drug-likeness (QED) is 0.497. The molecule has 0 spiro atoms. The third kappa shape index (κ3) is 4.43. The number of halogens is 1. The van der Waals surface area contributed by atoms with Crippen LogP contribution >= 0.6 is 15.9 Å². The van der Waals surface area contributed by atoms with Crippen LogP contribution in [0.1, 0.15) is 40.0 Å². The minimum atomic E-state index is -1.02. The van der Waals surface area contributed by atoms with Gasteiger partial charge in [-0.25, -0.2) is 9.78 Å². The van der Waals surface area contributed by atoms with Crippen molar-refractivity contribution >= 4 is 50.3 Å². The molecule has 10 heteroatoms. The minimum Gasteiger partial charge on any atom is -0.465 e. The van der Waals surface area contributed by atoms with E-state index in [0.29, 0.717) is 31.0 Å². The van der Waals surface area contributed by atoms with E-state index >= 15 is 0 Å². The summed E-state index contributed by atoms with van der Waals surface area (Å²) in [6.07, 6.45) is 4.83. The van der Waals surface area contributed by atoms with Gasteiger partial charge in [-0.3, -0.25) is 4.79 Å². The van der Waals surface area contributed by atoms with E-state index in [0.717, 1.165) is 34.9 Å². The summed E-state index contributed by atoms with van der Waals surface area (Å²) in [7, 11) is 0. The van der Waals surface area contributed by atoms with Gasteiger partial charge < -0.3 is 30.4 Å². The molecule has 174 valence electrons. The van der Waals surface area contributed by atoms with Gasteiger partial charge in [-0.15, -0.1) is 0 Å². The second kappa shape index (κ2) is 8.90. The van der Waals surface area contributed by atoms with E-state index in [9.17, 15) is 14.7 Å². The highest BCUT2D eigenvalue weighted by Crippen LogP contribution is 2.44. The van der Waals surface area contributed by atoms with E-state index < -0.39 is 6.09 Å². The Morgan fingerprint density at radius 1 is 1.34 bits per heavy atom. The summed E-state index contributed by atoms with van der Waals surface area (Å²) in [4.78, 5) is 34.2. The summed E-state index contributed by atoms with van der Waals surface area (Å²) in [6.45, 7) is 8.18. The summed E-state index contributed by atoms with van der Waals surface area (Å²) in [5.74, 6) is -0.226. The number of carboxylic acid groups (broad SMARTS) is 1. The molecule has 4 rings (SSSR count). The molecular formula is C22H30BrN5O4. The Bertz CT molecular complexity index is 1010. The first-order valence-corrected chi connectivity index (χ1v) is 11.8. The lowest BCUT2D eigenvalue weighted by atomic mass is 9.77. The van der Waals surface area contributed by atoms with Crippen LogP contribution in [0.15, 0.2) is 16.9 Å². The standard InChI is InChI=1S/C22H30BrN5O4/c1-22(2,3)18-14(27-21(30)31)5-4-7-28(18)17-13(23)9-24-19-16(17)15(10-25-19)26-20(29)12-6-8-32-11-12/h9-10,12,14,18,27H,4-8,11H2,1-3H3,(H,24,25)(H,26,29)(H,30,31)/t12?,14-,18?/m1/s1. The van der Waals surface area contributed by atoms with Crippen molar-refractivity contribution in [2.45, 2.75) is 52.1 Å². The van der Waals surface area contributed by atoms with Crippen LogP contribution in [-0.4, -0.2) is 58.9 Å². The molecule has 0 aliphatic carbocycles. The van der Waals surface area contributed by atoms with Crippen molar-refractivity contribution in [3.8, 4) is 0 Å². The Morgan fingerprint density at radius 2 is 2.12 bits per heavy atom. The number of carbonyl (C=O) groups is 2. The summed E-state index contributed by atoms with van der Waals surface area (Å²) in [5, 5.41) is 16.1. The fraction of sp³-hybridized carbons (Fsp3) is 0.591. The zero-order valence-corrected chi connectivity index (χ0v) is 20.2. The average Bonchev–Trinajstić information content (AvgIpc) is 3.37. The van der Waals surface area contributed by atoms with Crippen molar-refractivity contribution in [1.82, 2.24) is 15.3 Å². The maximum Gasteiger partial charge on any atom is 0.404 e. The summed E-state index contributed by atoms with van der Waals surface area (Å²) in [5.41, 5.74) is 2.04. The molecule has 2 aliphatic rings. The first-order chi connectivity index (χ1) is 15.2. The Morgan fingerprint density at radius 3 is 2.78 bits per heavy atom. The van der Waals surface area contributed by atoms with E-state index in [1.807, 2.05) is 0 Å². The number of fused-ring (bicyclic) bond motifs is 1. The maximum atomic E-state index is 12.8. The van der Waals surface area contributed by atoms with Gasteiger partial charge in [0, 0.05) is 25.5 Å². The summed E-state index contributed by atoms with van der Waals surface area (Å²) >= 11 is 3.68. The monoisotopic (exact) mass is 507 g/mol. The van der Waals surface area contributed by atoms with Gasteiger partial charge in [0.15, 0.2) is 0 Å². The van der Waals surface area contributed by atoms with Gasteiger partial charge in [-0.2, -0.15) is 0 Å². The van der Waals surface area contributed by atoms with Gasteiger partial charge in [0.1, 0.15) is 5.65 Å². The molecule has 2 fully saturated rings. The van der Waals surface area contributed by atoms with E-state index in [4.69, 9.17) is 4.74 Å². The number of hydrogen-bond donors (Lipinski definition) is 4. The maximum absolute atomic E-state index is 12.8. The molecule has 0 aromatic carbocycles. The largest absolute Gasteiger partial charge is 0.465 e. The molecule has 2 aromatic rings. The highest BCUT2D eigenvalue weighted by atomic mass is 79.9. The average molecular weight is 508 g/mol. The SMILES string of the molecule is CC(C)(C)C1[C@H](NC(=O)O)CCCN1c1c(Br)cnc2[nH]cc(NC(=O)C3CCOC3)c12. The molecule has 2 amide bonds. The number of aromatic amines is 1. The molecule has 2 unspecified atom stereocenters. The summed E-state index contributed by atoms with van der Waals surface area (Å²) in [6, 6.07) is -0.306. The molecule has 32 heavy (non-hydrogen) atoms. The number of amides is 2. The van der Waals surface area contributed by atoms with E-state index in [2.05, 4.69) is 62.2 Å². The predicted octanol–water partition coefficient (Wildman–Crippen LogP) is 3.95. The zero-order chi connectivity index (χ0) is 23.0. The van der Waals surface area contributed by atoms with Crippen LogP contribution in [0.3, 0.4) is 0 Å².